The molecule has 18 heavy (non-hydrogen) atoms. The minimum absolute atomic E-state index is 0.0515. The molecule has 2 rings (SSSR count). The second-order valence-corrected chi connectivity index (χ2v) is 3.41. The molecule has 0 amide bonds. The number of nitrogens with zero attached hydrogens (tertiary/aromatic N) is 2. The molecule has 0 saturated carbocycles. The van der Waals surface area contributed by atoms with Crippen molar-refractivity contribution >= 4 is 0 Å². The molecule has 0 fully saturated rings. The van der Waals surface area contributed by atoms with Crippen molar-refractivity contribution in [2.24, 2.45) is 5.73 Å². The molecule has 0 bridgehead atoms. The van der Waals surface area contributed by atoms with Crippen LogP contribution >= 0.6 is 0 Å². The number of rotatable bonds is 2. The molecule has 0 atom stereocenters. The highest BCUT2D eigenvalue weighted by Crippen LogP contribution is 2.33. The van der Waals surface area contributed by atoms with Gasteiger partial charge in [-0.2, -0.15) is 18.2 Å². The van der Waals surface area contributed by atoms with Gasteiger partial charge in [-0.15, -0.1) is 0 Å². The van der Waals surface area contributed by atoms with E-state index in [4.69, 9.17) is 5.73 Å². The third-order valence-corrected chi connectivity index (χ3v) is 2.17. The minimum atomic E-state index is -4.57. The van der Waals surface area contributed by atoms with Crippen LogP contribution in [0.2, 0.25) is 0 Å². The standard InChI is InChI=1S/C10H7F4N3O/c11-7-2-1-5(10(12,13)14)3-6(7)9-16-8(4-15)17-18-9/h1-3H,4,15H2. The molecule has 0 aliphatic carbocycles. The summed E-state index contributed by atoms with van der Waals surface area (Å²) in [5.41, 5.74) is 3.82. The second kappa shape index (κ2) is 4.37. The van der Waals surface area contributed by atoms with E-state index >= 15 is 0 Å². The van der Waals surface area contributed by atoms with Crippen molar-refractivity contribution < 1.29 is 22.1 Å². The van der Waals surface area contributed by atoms with Crippen LogP contribution in [0.1, 0.15) is 11.4 Å². The van der Waals surface area contributed by atoms with Crippen LogP contribution in [0.15, 0.2) is 22.7 Å². The predicted octanol–water partition coefficient (Wildman–Crippen LogP) is 2.35. The first-order valence-electron chi connectivity index (χ1n) is 4.81. The zero-order valence-electron chi connectivity index (χ0n) is 8.83. The average Bonchev–Trinajstić information content (AvgIpc) is 2.76. The van der Waals surface area contributed by atoms with Gasteiger partial charge in [-0.3, -0.25) is 0 Å². The fourth-order valence-electron chi connectivity index (χ4n) is 1.31. The molecule has 1 aromatic heterocycles. The Morgan fingerprint density at radius 2 is 2.00 bits per heavy atom. The van der Waals surface area contributed by atoms with Crippen molar-refractivity contribution in [3.05, 3.63) is 35.4 Å². The highest BCUT2D eigenvalue weighted by atomic mass is 19.4. The Morgan fingerprint density at radius 3 is 2.56 bits per heavy atom. The van der Waals surface area contributed by atoms with E-state index in [1.54, 1.807) is 0 Å². The van der Waals surface area contributed by atoms with Crippen LogP contribution in [0.4, 0.5) is 17.6 Å². The van der Waals surface area contributed by atoms with E-state index in [9.17, 15) is 17.6 Å². The summed E-state index contributed by atoms with van der Waals surface area (Å²) < 4.78 is 55.5. The number of halogens is 4. The molecule has 8 heteroatoms. The zero-order chi connectivity index (χ0) is 13.3. The van der Waals surface area contributed by atoms with Crippen molar-refractivity contribution in [1.82, 2.24) is 10.1 Å². The first-order valence-corrected chi connectivity index (χ1v) is 4.81. The van der Waals surface area contributed by atoms with Gasteiger partial charge in [-0.05, 0) is 18.2 Å². The Labute approximate surface area is 98.4 Å². The first kappa shape index (κ1) is 12.5. The van der Waals surface area contributed by atoms with Crippen LogP contribution in [0.3, 0.4) is 0 Å². The van der Waals surface area contributed by atoms with Crippen LogP contribution in [0, 0.1) is 5.82 Å². The van der Waals surface area contributed by atoms with Crippen LogP contribution < -0.4 is 5.73 Å². The van der Waals surface area contributed by atoms with E-state index in [0.717, 1.165) is 0 Å². The topological polar surface area (TPSA) is 64.9 Å². The van der Waals surface area contributed by atoms with E-state index in [2.05, 4.69) is 14.7 Å². The molecule has 96 valence electrons. The lowest BCUT2D eigenvalue weighted by atomic mass is 10.1. The maximum absolute atomic E-state index is 13.4. The fraction of sp³-hybridized carbons (Fsp3) is 0.200. The summed E-state index contributed by atoms with van der Waals surface area (Å²) in [6.45, 7) is -0.0515. The Balaban J connectivity index is 2.49. The number of benzene rings is 1. The van der Waals surface area contributed by atoms with Crippen LogP contribution in [-0.2, 0) is 12.7 Å². The smallest absolute Gasteiger partial charge is 0.334 e. The van der Waals surface area contributed by atoms with Crippen molar-refractivity contribution in [1.29, 1.82) is 0 Å². The monoisotopic (exact) mass is 261 g/mol. The zero-order valence-corrected chi connectivity index (χ0v) is 8.83. The van der Waals surface area contributed by atoms with Crippen LogP contribution in [0.25, 0.3) is 11.5 Å². The van der Waals surface area contributed by atoms with E-state index in [1.165, 1.54) is 0 Å². The molecular formula is C10H7F4N3O. The average molecular weight is 261 g/mol. The van der Waals surface area contributed by atoms with E-state index in [-0.39, 0.29) is 18.3 Å². The Hall–Kier alpha value is -1.96. The van der Waals surface area contributed by atoms with E-state index in [1.807, 2.05) is 0 Å². The summed E-state index contributed by atoms with van der Waals surface area (Å²) >= 11 is 0. The summed E-state index contributed by atoms with van der Waals surface area (Å²) in [4.78, 5) is 3.67. The lowest BCUT2D eigenvalue weighted by molar-refractivity contribution is -0.137. The molecule has 0 unspecified atom stereocenters. The SMILES string of the molecule is NCc1noc(-c2cc(C(F)(F)F)ccc2F)n1. The van der Waals surface area contributed by atoms with Crippen LogP contribution in [0.5, 0.6) is 0 Å². The number of alkyl halides is 3. The molecule has 4 nitrogen and oxygen atoms in total. The third-order valence-electron chi connectivity index (χ3n) is 2.17. The van der Waals surface area contributed by atoms with Gasteiger partial charge in [0.15, 0.2) is 5.82 Å². The van der Waals surface area contributed by atoms with Gasteiger partial charge in [0.25, 0.3) is 5.89 Å². The maximum Gasteiger partial charge on any atom is 0.416 e. The number of aromatic nitrogens is 2. The van der Waals surface area contributed by atoms with Gasteiger partial charge < -0.3 is 10.3 Å². The van der Waals surface area contributed by atoms with Gasteiger partial charge in [-0.1, -0.05) is 5.16 Å². The number of hydrogen-bond donors (Lipinski definition) is 1. The quantitative estimate of drug-likeness (QED) is 0.843. The largest absolute Gasteiger partial charge is 0.416 e. The van der Waals surface area contributed by atoms with Gasteiger partial charge in [0.1, 0.15) is 5.82 Å². The first-order chi connectivity index (χ1) is 8.41. The van der Waals surface area contributed by atoms with Crippen molar-refractivity contribution in [3.63, 3.8) is 0 Å². The summed E-state index contributed by atoms with van der Waals surface area (Å²) in [5, 5.41) is 3.38. The van der Waals surface area contributed by atoms with Crippen molar-refractivity contribution in [3.8, 4) is 11.5 Å². The van der Waals surface area contributed by atoms with Gasteiger partial charge >= 0.3 is 6.18 Å². The lowest BCUT2D eigenvalue weighted by Crippen LogP contribution is -2.05. The molecule has 2 aromatic rings. The molecule has 0 radical (unpaired) electrons. The Bertz CT molecular complexity index is 564. The van der Waals surface area contributed by atoms with E-state index < -0.39 is 23.1 Å². The Morgan fingerprint density at radius 1 is 1.28 bits per heavy atom. The van der Waals surface area contributed by atoms with Crippen molar-refractivity contribution in [2.45, 2.75) is 12.7 Å². The number of hydrogen-bond acceptors (Lipinski definition) is 4. The molecule has 0 aliphatic heterocycles. The van der Waals surface area contributed by atoms with Crippen molar-refractivity contribution in [2.75, 3.05) is 0 Å². The van der Waals surface area contributed by atoms with Crippen LogP contribution in [-0.4, -0.2) is 10.1 Å². The Kier molecular flexibility index (Phi) is 3.04. The highest BCUT2D eigenvalue weighted by Gasteiger charge is 2.31. The van der Waals surface area contributed by atoms with Gasteiger partial charge in [-0.25, -0.2) is 4.39 Å². The van der Waals surface area contributed by atoms with E-state index in [0.29, 0.717) is 18.2 Å². The minimum Gasteiger partial charge on any atom is -0.334 e. The summed E-state index contributed by atoms with van der Waals surface area (Å²) in [6.07, 6.45) is -4.57. The summed E-state index contributed by atoms with van der Waals surface area (Å²) in [6, 6.07) is 1.95. The second-order valence-electron chi connectivity index (χ2n) is 3.41. The van der Waals surface area contributed by atoms with Gasteiger partial charge in [0, 0.05) is 0 Å². The molecule has 1 heterocycles. The fourth-order valence-corrected chi connectivity index (χ4v) is 1.31. The van der Waals surface area contributed by atoms with Gasteiger partial charge in [0.2, 0.25) is 0 Å². The molecule has 0 saturated heterocycles. The summed E-state index contributed by atoms with van der Waals surface area (Å²) in [7, 11) is 0. The number of nitrogens with two attached hydrogens (primary N) is 1. The molecule has 0 spiro atoms. The lowest BCUT2D eigenvalue weighted by Gasteiger charge is -2.07. The van der Waals surface area contributed by atoms with Gasteiger partial charge in [0.05, 0.1) is 17.7 Å². The molecular weight excluding hydrogens is 254 g/mol. The maximum atomic E-state index is 13.4. The molecule has 0 aliphatic rings. The third kappa shape index (κ3) is 2.33. The predicted molar refractivity (Wildman–Crippen MR) is 52.6 cm³/mol. The normalized spacial score (nSPS) is 11.8. The molecule has 1 aromatic carbocycles. The highest BCUT2D eigenvalue weighted by molar-refractivity contribution is 5.55. The summed E-state index contributed by atoms with van der Waals surface area (Å²) in [5.74, 6) is -1.13. The molecule has 2 N–H and O–H groups in total.